The summed E-state index contributed by atoms with van der Waals surface area (Å²) in [6.45, 7) is 1.29. The molecule has 0 aromatic carbocycles. The minimum absolute atomic E-state index is 0.814. The van der Waals surface area contributed by atoms with Crippen molar-refractivity contribution >= 4 is 0 Å². The maximum Gasteiger partial charge on any atom is 0.0125 e. The third-order valence-corrected chi connectivity index (χ3v) is 9.16. The fraction of sp³-hybridized carbons (Fsp3) is 1.00. The number of fused-ring (bicyclic) bond motifs is 4. The van der Waals surface area contributed by atoms with E-state index in [-0.39, 0.29) is 0 Å². The van der Waals surface area contributed by atoms with Crippen LogP contribution in [0.25, 0.3) is 0 Å². The molecule has 2 saturated carbocycles. The highest BCUT2D eigenvalue weighted by atomic mass is 15.0. The number of piperidine rings is 2. The second-order valence-corrected chi connectivity index (χ2v) is 10.4. The topological polar surface area (TPSA) is 24.1 Å². The Labute approximate surface area is 155 Å². The third-order valence-electron chi connectivity index (χ3n) is 9.16. The monoisotopic (exact) mass is 344 g/mol. The van der Waals surface area contributed by atoms with Gasteiger partial charge in [-0.2, -0.15) is 0 Å². The summed E-state index contributed by atoms with van der Waals surface area (Å²) in [6, 6.07) is 2.48. The molecule has 4 aliphatic heterocycles. The van der Waals surface area contributed by atoms with Crippen molar-refractivity contribution in [2.24, 2.45) is 29.6 Å². The van der Waals surface area contributed by atoms with Crippen LogP contribution >= 0.6 is 0 Å². The number of nitrogens with one attached hydrogen (secondary N) is 2. The molecule has 0 aromatic heterocycles. The van der Waals surface area contributed by atoms with Gasteiger partial charge in [0.15, 0.2) is 0 Å². The van der Waals surface area contributed by atoms with Crippen molar-refractivity contribution in [3.05, 3.63) is 0 Å². The molecule has 142 valence electrons. The molecule has 0 spiro atoms. The second kappa shape index (κ2) is 7.50. The molecule has 0 amide bonds. The Morgan fingerprint density at radius 3 is 1.76 bits per heavy atom. The van der Waals surface area contributed by atoms with E-state index in [4.69, 9.17) is 0 Å². The lowest BCUT2D eigenvalue weighted by atomic mass is 9.71. The van der Waals surface area contributed by atoms with Crippen LogP contribution in [0.4, 0.5) is 0 Å². The maximum absolute atomic E-state index is 4.22. The quantitative estimate of drug-likeness (QED) is 0.654. The SMILES string of the molecule is C1CC2CCC(C1)C1CC3NC(CCC3CN1)C1CCCC2CCC1. The molecule has 6 atom stereocenters. The van der Waals surface area contributed by atoms with E-state index in [2.05, 4.69) is 10.6 Å². The van der Waals surface area contributed by atoms with Crippen molar-refractivity contribution < 1.29 is 0 Å². The molecule has 0 aromatic rings. The van der Waals surface area contributed by atoms with Crippen LogP contribution in [0.5, 0.6) is 0 Å². The first-order valence-corrected chi connectivity index (χ1v) is 11.9. The highest BCUT2D eigenvalue weighted by molar-refractivity contribution is 4.98. The molecule has 4 saturated heterocycles. The highest BCUT2D eigenvalue weighted by Crippen LogP contribution is 2.42. The Morgan fingerprint density at radius 1 is 0.440 bits per heavy atom. The largest absolute Gasteiger partial charge is 0.313 e. The lowest BCUT2D eigenvalue weighted by Crippen LogP contribution is -2.60. The Morgan fingerprint density at radius 2 is 1.00 bits per heavy atom. The average molecular weight is 345 g/mol. The van der Waals surface area contributed by atoms with E-state index in [1.807, 2.05) is 0 Å². The fourth-order valence-electron chi connectivity index (χ4n) is 7.66. The predicted octanol–water partition coefficient (Wildman–Crippen LogP) is 4.88. The van der Waals surface area contributed by atoms with Gasteiger partial charge in [0.25, 0.3) is 0 Å². The minimum atomic E-state index is 0.814. The van der Waals surface area contributed by atoms with Gasteiger partial charge in [-0.05, 0) is 87.5 Å². The Kier molecular flexibility index (Phi) is 5.12. The first-order chi connectivity index (χ1) is 12.4. The fourth-order valence-corrected chi connectivity index (χ4v) is 7.66. The molecule has 6 unspecified atom stereocenters. The van der Waals surface area contributed by atoms with Crippen molar-refractivity contribution in [2.75, 3.05) is 6.54 Å². The van der Waals surface area contributed by atoms with Crippen LogP contribution in [0.2, 0.25) is 0 Å². The van der Waals surface area contributed by atoms with Crippen molar-refractivity contribution in [1.82, 2.24) is 10.6 Å². The van der Waals surface area contributed by atoms with Gasteiger partial charge in [-0.3, -0.25) is 0 Å². The first kappa shape index (κ1) is 17.0. The summed E-state index contributed by atoms with van der Waals surface area (Å²) in [4.78, 5) is 0. The van der Waals surface area contributed by atoms with E-state index < -0.39 is 0 Å². The van der Waals surface area contributed by atoms with Crippen LogP contribution in [0, 0.1) is 29.6 Å². The summed E-state index contributed by atoms with van der Waals surface area (Å²) in [5, 5.41) is 8.24. The van der Waals surface area contributed by atoms with E-state index in [0.29, 0.717) is 0 Å². The van der Waals surface area contributed by atoms with E-state index in [9.17, 15) is 0 Å². The zero-order valence-corrected chi connectivity index (χ0v) is 16.2. The van der Waals surface area contributed by atoms with Crippen LogP contribution in [-0.2, 0) is 0 Å². The van der Waals surface area contributed by atoms with E-state index in [1.54, 1.807) is 25.7 Å². The second-order valence-electron chi connectivity index (χ2n) is 10.4. The van der Waals surface area contributed by atoms with Gasteiger partial charge in [0.05, 0.1) is 0 Å². The number of rotatable bonds is 0. The van der Waals surface area contributed by atoms with Gasteiger partial charge >= 0.3 is 0 Å². The van der Waals surface area contributed by atoms with Crippen molar-refractivity contribution in [2.45, 2.75) is 108 Å². The smallest absolute Gasteiger partial charge is 0.0125 e. The van der Waals surface area contributed by atoms with Gasteiger partial charge in [0.1, 0.15) is 0 Å². The van der Waals surface area contributed by atoms with Gasteiger partial charge in [0, 0.05) is 18.1 Å². The summed E-state index contributed by atoms with van der Waals surface area (Å²) in [7, 11) is 0. The standard InChI is InChI=1S/C23H40N2/c1-4-16-5-2-8-18(7-1)21-13-12-20-15-24-22(14-23(20)25-21)19-9-3-6-17(16)10-11-19/h16-25H,1-15H2. The summed E-state index contributed by atoms with van der Waals surface area (Å²) >= 11 is 0. The summed E-state index contributed by atoms with van der Waals surface area (Å²) in [5.41, 5.74) is 0. The van der Waals surface area contributed by atoms with Crippen molar-refractivity contribution in [3.63, 3.8) is 0 Å². The van der Waals surface area contributed by atoms with Crippen molar-refractivity contribution in [3.8, 4) is 0 Å². The van der Waals surface area contributed by atoms with Gasteiger partial charge < -0.3 is 10.6 Å². The molecule has 0 radical (unpaired) electrons. The third kappa shape index (κ3) is 3.55. The van der Waals surface area contributed by atoms with Crippen molar-refractivity contribution in [1.29, 1.82) is 0 Å². The summed E-state index contributed by atoms with van der Waals surface area (Å²) in [5.74, 6) is 5.00. The highest BCUT2D eigenvalue weighted by Gasteiger charge is 2.40. The summed E-state index contributed by atoms with van der Waals surface area (Å²) < 4.78 is 0. The van der Waals surface area contributed by atoms with Crippen LogP contribution in [0.3, 0.4) is 0 Å². The lowest BCUT2D eigenvalue weighted by Gasteiger charge is -2.47. The predicted molar refractivity (Wildman–Crippen MR) is 105 cm³/mol. The molecule has 2 nitrogen and oxygen atoms in total. The molecule has 4 heterocycles. The normalized spacial score (nSPS) is 50.9. The van der Waals surface area contributed by atoms with Gasteiger partial charge in [-0.1, -0.05) is 38.5 Å². The van der Waals surface area contributed by atoms with E-state index >= 15 is 0 Å². The van der Waals surface area contributed by atoms with Gasteiger partial charge in [-0.15, -0.1) is 0 Å². The molecular weight excluding hydrogens is 304 g/mol. The Balaban J connectivity index is 1.41. The molecule has 2 N–H and O–H groups in total. The minimum Gasteiger partial charge on any atom is -0.313 e. The van der Waals surface area contributed by atoms with Crippen LogP contribution in [-0.4, -0.2) is 24.7 Å². The van der Waals surface area contributed by atoms with Gasteiger partial charge in [0.2, 0.25) is 0 Å². The Hall–Kier alpha value is -0.0800. The zero-order chi connectivity index (χ0) is 16.6. The van der Waals surface area contributed by atoms with Crippen LogP contribution in [0.15, 0.2) is 0 Å². The molecule has 2 heteroatoms. The lowest BCUT2D eigenvalue weighted by molar-refractivity contribution is 0.101. The van der Waals surface area contributed by atoms with Crippen LogP contribution < -0.4 is 10.6 Å². The molecule has 6 aliphatic rings. The first-order valence-electron chi connectivity index (χ1n) is 11.9. The maximum atomic E-state index is 4.22. The van der Waals surface area contributed by atoms with Crippen LogP contribution in [0.1, 0.15) is 89.9 Å². The number of hydrogen-bond donors (Lipinski definition) is 2. The molecule has 7 bridgehead atoms. The molecule has 6 rings (SSSR count). The summed E-state index contributed by atoms with van der Waals surface area (Å²) in [6.07, 6.45) is 21.1. The molecule has 6 fully saturated rings. The zero-order valence-electron chi connectivity index (χ0n) is 16.2. The van der Waals surface area contributed by atoms with Gasteiger partial charge in [-0.25, -0.2) is 0 Å². The Bertz CT molecular complexity index is 435. The van der Waals surface area contributed by atoms with E-state index in [0.717, 1.165) is 47.7 Å². The molecule has 2 aliphatic carbocycles. The average Bonchev–Trinajstić information content (AvgIpc) is 2.86. The number of hydrogen-bond acceptors (Lipinski definition) is 2. The molecule has 25 heavy (non-hydrogen) atoms. The van der Waals surface area contributed by atoms with E-state index in [1.165, 1.54) is 70.8 Å². The molecular formula is C23H40N2.